The molecule has 2 aliphatic heterocycles. The number of morpholine rings is 1. The average molecular weight is 467 g/mol. The number of thiocarbonyl (C=S) groups is 1. The molecule has 33 heavy (non-hydrogen) atoms. The van der Waals surface area contributed by atoms with Crippen LogP contribution in [0.25, 0.3) is 0 Å². The Morgan fingerprint density at radius 2 is 1.91 bits per heavy atom. The van der Waals surface area contributed by atoms with E-state index >= 15 is 0 Å². The van der Waals surface area contributed by atoms with Crippen molar-refractivity contribution in [1.82, 2.24) is 9.80 Å². The fraction of sp³-hybridized carbons (Fsp3) is 0.519. The summed E-state index contributed by atoms with van der Waals surface area (Å²) < 4.78 is 5.52. The van der Waals surface area contributed by atoms with Gasteiger partial charge >= 0.3 is 0 Å². The summed E-state index contributed by atoms with van der Waals surface area (Å²) in [5.74, 6) is 0. The zero-order valence-corrected chi connectivity index (χ0v) is 21.0. The normalized spacial score (nSPS) is 16.4. The number of hydrogen-bond donors (Lipinski definition) is 1. The van der Waals surface area contributed by atoms with Crippen LogP contribution in [0.2, 0.25) is 0 Å². The predicted molar refractivity (Wildman–Crippen MR) is 142 cm³/mol. The molecule has 178 valence electrons. The first-order valence-electron chi connectivity index (χ1n) is 12.5. The third-order valence-corrected chi connectivity index (χ3v) is 7.14. The van der Waals surface area contributed by atoms with Crippen molar-refractivity contribution < 1.29 is 4.74 Å². The molecule has 1 saturated heterocycles. The van der Waals surface area contributed by atoms with Gasteiger partial charge in [-0.25, -0.2) is 0 Å². The maximum atomic E-state index is 5.92. The minimum atomic E-state index is 0.796. The van der Waals surface area contributed by atoms with Crippen molar-refractivity contribution in [2.45, 2.75) is 39.7 Å². The number of hydrogen-bond acceptors (Lipinski definition) is 4. The molecule has 2 aliphatic rings. The summed E-state index contributed by atoms with van der Waals surface area (Å²) in [6.45, 7) is 13.0. The monoisotopic (exact) mass is 466 g/mol. The molecule has 2 aromatic rings. The van der Waals surface area contributed by atoms with Crippen molar-refractivity contribution in [1.29, 1.82) is 0 Å². The van der Waals surface area contributed by atoms with Gasteiger partial charge in [0.2, 0.25) is 0 Å². The molecule has 0 spiro atoms. The number of nitrogens with zero attached hydrogens (tertiary/aromatic N) is 3. The number of anilines is 2. The van der Waals surface area contributed by atoms with Crippen LogP contribution < -0.4 is 10.2 Å². The molecule has 0 aliphatic carbocycles. The molecule has 1 N–H and O–H groups in total. The fourth-order valence-corrected chi connectivity index (χ4v) is 5.06. The lowest BCUT2D eigenvalue weighted by Gasteiger charge is -2.33. The van der Waals surface area contributed by atoms with Gasteiger partial charge in [0.15, 0.2) is 5.11 Å². The number of fused-ring (bicyclic) bond motifs is 1. The van der Waals surface area contributed by atoms with Crippen LogP contribution in [0.5, 0.6) is 0 Å². The largest absolute Gasteiger partial charge is 0.379 e. The summed E-state index contributed by atoms with van der Waals surface area (Å²) in [5.41, 5.74) is 6.60. The van der Waals surface area contributed by atoms with Gasteiger partial charge in [-0.1, -0.05) is 31.2 Å². The Bertz CT molecular complexity index is 928. The summed E-state index contributed by atoms with van der Waals surface area (Å²) in [7, 11) is 0. The van der Waals surface area contributed by atoms with Crippen molar-refractivity contribution in [2.24, 2.45) is 0 Å². The van der Waals surface area contributed by atoms with Gasteiger partial charge in [0.1, 0.15) is 0 Å². The second-order valence-electron chi connectivity index (χ2n) is 9.01. The summed E-state index contributed by atoms with van der Waals surface area (Å²) in [6, 6.07) is 15.6. The summed E-state index contributed by atoms with van der Waals surface area (Å²) in [5, 5.41) is 4.30. The Labute approximate surface area is 204 Å². The Morgan fingerprint density at radius 3 is 2.70 bits per heavy atom. The van der Waals surface area contributed by atoms with Gasteiger partial charge in [0.25, 0.3) is 0 Å². The van der Waals surface area contributed by atoms with Crippen LogP contribution in [0.3, 0.4) is 0 Å². The topological polar surface area (TPSA) is 31.0 Å². The molecule has 5 nitrogen and oxygen atoms in total. The standard InChI is InChI=1S/C27H38N4OS/c1-3-22-7-5-9-25(20-22)28-27(33)31(14-13-29-15-17-32-18-16-29)21-23-10-11-26-24(19-23)8-6-12-30(26)4-2/h5,7,9-11,19-20H,3-4,6,8,12-18,21H2,1-2H3,(H,28,33). The molecular formula is C27H38N4OS. The number of aryl methyl sites for hydroxylation is 2. The molecule has 0 atom stereocenters. The molecule has 0 unspecified atom stereocenters. The first-order valence-corrected chi connectivity index (χ1v) is 12.9. The number of ether oxygens (including phenoxy) is 1. The number of rotatable bonds is 8. The van der Waals surface area contributed by atoms with E-state index in [1.165, 1.54) is 41.8 Å². The smallest absolute Gasteiger partial charge is 0.173 e. The molecule has 6 heteroatoms. The van der Waals surface area contributed by atoms with E-state index in [-0.39, 0.29) is 0 Å². The highest BCUT2D eigenvalue weighted by Gasteiger charge is 2.18. The van der Waals surface area contributed by atoms with Gasteiger partial charge in [-0.3, -0.25) is 4.90 Å². The maximum Gasteiger partial charge on any atom is 0.173 e. The highest BCUT2D eigenvalue weighted by molar-refractivity contribution is 7.80. The van der Waals surface area contributed by atoms with Crippen LogP contribution in [0.1, 0.15) is 37.0 Å². The van der Waals surface area contributed by atoms with Crippen molar-refractivity contribution in [3.05, 3.63) is 59.2 Å². The molecular weight excluding hydrogens is 428 g/mol. The molecule has 1 fully saturated rings. The van der Waals surface area contributed by atoms with Gasteiger partial charge in [-0.2, -0.15) is 0 Å². The summed E-state index contributed by atoms with van der Waals surface area (Å²) in [6.07, 6.45) is 3.42. The van der Waals surface area contributed by atoms with Crippen molar-refractivity contribution in [3.63, 3.8) is 0 Å². The van der Waals surface area contributed by atoms with Gasteiger partial charge in [0, 0.05) is 57.2 Å². The Morgan fingerprint density at radius 1 is 1.06 bits per heavy atom. The van der Waals surface area contributed by atoms with Gasteiger partial charge < -0.3 is 19.9 Å². The molecule has 2 aromatic carbocycles. The second-order valence-corrected chi connectivity index (χ2v) is 9.39. The molecule has 0 saturated carbocycles. The highest BCUT2D eigenvalue weighted by Crippen LogP contribution is 2.28. The van der Waals surface area contributed by atoms with E-state index in [2.05, 4.69) is 76.3 Å². The molecule has 0 amide bonds. The lowest BCUT2D eigenvalue weighted by molar-refractivity contribution is 0.0358. The molecule has 0 bridgehead atoms. The number of benzene rings is 2. The lowest BCUT2D eigenvalue weighted by Crippen LogP contribution is -2.44. The lowest BCUT2D eigenvalue weighted by atomic mass is 9.99. The third kappa shape index (κ3) is 6.46. The zero-order chi connectivity index (χ0) is 23.0. The van der Waals surface area contributed by atoms with E-state index in [0.717, 1.165) is 69.7 Å². The molecule has 2 heterocycles. The SMILES string of the molecule is CCc1cccc(NC(=S)N(CCN2CCOCC2)Cc2ccc3c(c2)CCCN3CC)c1. The van der Waals surface area contributed by atoms with E-state index in [0.29, 0.717) is 0 Å². The van der Waals surface area contributed by atoms with Crippen molar-refractivity contribution in [3.8, 4) is 0 Å². The second kappa shape index (κ2) is 11.8. The van der Waals surface area contributed by atoms with Crippen LogP contribution in [-0.4, -0.2) is 67.4 Å². The van der Waals surface area contributed by atoms with Gasteiger partial charge in [0.05, 0.1) is 13.2 Å². The fourth-order valence-electron chi connectivity index (χ4n) is 4.79. The van der Waals surface area contributed by atoms with E-state index in [4.69, 9.17) is 17.0 Å². The first-order chi connectivity index (χ1) is 16.2. The van der Waals surface area contributed by atoms with E-state index in [9.17, 15) is 0 Å². The maximum absolute atomic E-state index is 5.92. The van der Waals surface area contributed by atoms with Crippen molar-refractivity contribution >= 4 is 28.7 Å². The Balaban J connectivity index is 1.48. The number of nitrogens with one attached hydrogen (secondary N) is 1. The first kappa shape index (κ1) is 24.0. The minimum absolute atomic E-state index is 0.796. The van der Waals surface area contributed by atoms with Gasteiger partial charge in [-0.15, -0.1) is 0 Å². The van der Waals surface area contributed by atoms with Crippen LogP contribution >= 0.6 is 12.2 Å². The highest BCUT2D eigenvalue weighted by atomic mass is 32.1. The summed E-state index contributed by atoms with van der Waals surface area (Å²) in [4.78, 5) is 7.29. The molecule has 0 radical (unpaired) electrons. The zero-order valence-electron chi connectivity index (χ0n) is 20.2. The quantitative estimate of drug-likeness (QED) is 0.575. The van der Waals surface area contributed by atoms with Crippen molar-refractivity contribution in [2.75, 3.05) is 62.7 Å². The van der Waals surface area contributed by atoms with Crippen LogP contribution in [0, 0.1) is 0 Å². The van der Waals surface area contributed by atoms with Crippen LogP contribution in [0.15, 0.2) is 42.5 Å². The molecule has 4 rings (SSSR count). The van der Waals surface area contributed by atoms with Gasteiger partial charge in [-0.05, 0) is 73.3 Å². The summed E-state index contributed by atoms with van der Waals surface area (Å²) >= 11 is 5.92. The average Bonchev–Trinajstić information content (AvgIpc) is 2.86. The van der Waals surface area contributed by atoms with E-state index in [1.54, 1.807) is 0 Å². The van der Waals surface area contributed by atoms with E-state index in [1.807, 2.05) is 0 Å². The third-order valence-electron chi connectivity index (χ3n) is 6.78. The Hall–Kier alpha value is -2.15. The van der Waals surface area contributed by atoms with Crippen LogP contribution in [-0.2, 0) is 24.1 Å². The van der Waals surface area contributed by atoms with E-state index < -0.39 is 0 Å². The minimum Gasteiger partial charge on any atom is -0.379 e. The molecule has 0 aromatic heterocycles. The Kier molecular flexibility index (Phi) is 8.59. The predicted octanol–water partition coefficient (Wildman–Crippen LogP) is 4.55. The van der Waals surface area contributed by atoms with Crippen LogP contribution in [0.4, 0.5) is 11.4 Å².